The average Bonchev–Trinajstić information content (AvgIpc) is 2.34. The molecule has 2 amide bonds. The Morgan fingerprint density at radius 2 is 2.00 bits per heavy atom. The van der Waals surface area contributed by atoms with Gasteiger partial charge in [0, 0.05) is 25.0 Å². The van der Waals surface area contributed by atoms with Gasteiger partial charge in [-0.05, 0) is 25.7 Å². The van der Waals surface area contributed by atoms with Gasteiger partial charge in [-0.25, -0.2) is 0 Å². The van der Waals surface area contributed by atoms with Crippen LogP contribution in [-0.2, 0) is 9.59 Å². The number of hydrogen-bond acceptors (Lipinski definition) is 3. The number of nitrogens with zero attached hydrogens (tertiary/aromatic N) is 1. The summed E-state index contributed by atoms with van der Waals surface area (Å²) in [6, 6.07) is -0.442. The van der Waals surface area contributed by atoms with Gasteiger partial charge in [0.25, 0.3) is 0 Å². The molecule has 1 aliphatic heterocycles. The van der Waals surface area contributed by atoms with Gasteiger partial charge in [0.05, 0.1) is 6.04 Å². The van der Waals surface area contributed by atoms with Crippen LogP contribution in [0.25, 0.3) is 0 Å². The summed E-state index contributed by atoms with van der Waals surface area (Å²) in [6.07, 6.45) is 2.03. The van der Waals surface area contributed by atoms with Gasteiger partial charge in [0.1, 0.15) is 0 Å². The third-order valence-corrected chi connectivity index (χ3v) is 3.45. The van der Waals surface area contributed by atoms with Crippen molar-refractivity contribution >= 4 is 24.2 Å². The molecule has 0 saturated carbocycles. The summed E-state index contributed by atoms with van der Waals surface area (Å²) in [7, 11) is 0. The standard InChI is InChI=1S/C14H27N3O2.ClH/c1-10(15)12(18)17-7-5-6-11(9-17)8-16-13(19)14(2,3)4;/h10-11H,5-9,15H2,1-4H3,(H,16,19);1H/t10-,11?;/m0./s1. The molecular weight excluding hydrogens is 278 g/mol. The number of carbonyl (C=O) groups excluding carboxylic acids is 2. The Balaban J connectivity index is 0.00000361. The first-order valence-electron chi connectivity index (χ1n) is 7.04. The fourth-order valence-corrected chi connectivity index (χ4v) is 2.22. The SMILES string of the molecule is C[C@H](N)C(=O)N1CCCC(CNC(=O)C(C)(C)C)C1.Cl. The monoisotopic (exact) mass is 305 g/mol. The smallest absolute Gasteiger partial charge is 0.239 e. The van der Waals surface area contributed by atoms with Crippen LogP contribution in [0.2, 0.25) is 0 Å². The molecule has 1 rings (SSSR count). The first-order chi connectivity index (χ1) is 8.71. The maximum absolute atomic E-state index is 11.9. The molecule has 3 N–H and O–H groups in total. The van der Waals surface area contributed by atoms with Crippen LogP contribution in [0, 0.1) is 11.3 Å². The van der Waals surface area contributed by atoms with Crippen LogP contribution in [0.5, 0.6) is 0 Å². The molecular formula is C14H28ClN3O2. The van der Waals surface area contributed by atoms with Gasteiger partial charge in [0.15, 0.2) is 0 Å². The predicted molar refractivity (Wildman–Crippen MR) is 82.7 cm³/mol. The molecule has 0 bridgehead atoms. The molecule has 1 saturated heterocycles. The van der Waals surface area contributed by atoms with Crippen molar-refractivity contribution in [3.05, 3.63) is 0 Å². The lowest BCUT2D eigenvalue weighted by molar-refractivity contribution is -0.134. The Labute approximate surface area is 128 Å². The zero-order valence-electron chi connectivity index (χ0n) is 12.9. The minimum Gasteiger partial charge on any atom is -0.355 e. The van der Waals surface area contributed by atoms with Gasteiger partial charge in [-0.2, -0.15) is 0 Å². The van der Waals surface area contributed by atoms with Gasteiger partial charge < -0.3 is 16.0 Å². The van der Waals surface area contributed by atoms with E-state index in [9.17, 15) is 9.59 Å². The zero-order valence-corrected chi connectivity index (χ0v) is 13.8. The van der Waals surface area contributed by atoms with Gasteiger partial charge >= 0.3 is 0 Å². The summed E-state index contributed by atoms with van der Waals surface area (Å²) in [5, 5.41) is 2.97. The van der Waals surface area contributed by atoms with Crippen LogP contribution in [0.4, 0.5) is 0 Å². The Bertz CT molecular complexity index is 340. The van der Waals surface area contributed by atoms with Crippen LogP contribution in [0.15, 0.2) is 0 Å². The molecule has 1 unspecified atom stereocenters. The normalized spacial score (nSPS) is 20.9. The van der Waals surface area contributed by atoms with E-state index in [-0.39, 0.29) is 29.6 Å². The first kappa shape index (κ1) is 19.2. The molecule has 0 aromatic heterocycles. The summed E-state index contributed by atoms with van der Waals surface area (Å²) < 4.78 is 0. The summed E-state index contributed by atoms with van der Waals surface area (Å²) in [5.74, 6) is 0.401. The second-order valence-electron chi connectivity index (χ2n) is 6.54. The van der Waals surface area contributed by atoms with Crippen molar-refractivity contribution in [2.24, 2.45) is 17.1 Å². The van der Waals surface area contributed by atoms with Crippen molar-refractivity contribution < 1.29 is 9.59 Å². The Morgan fingerprint density at radius 3 is 2.50 bits per heavy atom. The van der Waals surface area contributed by atoms with E-state index >= 15 is 0 Å². The maximum Gasteiger partial charge on any atom is 0.239 e. The zero-order chi connectivity index (χ0) is 14.6. The van der Waals surface area contributed by atoms with Crippen LogP contribution in [-0.4, -0.2) is 42.4 Å². The Hall–Kier alpha value is -0.810. The minimum absolute atomic E-state index is 0. The lowest BCUT2D eigenvalue weighted by Gasteiger charge is -2.34. The number of halogens is 1. The number of rotatable bonds is 3. The number of carbonyl (C=O) groups is 2. The van der Waals surface area contributed by atoms with E-state index in [0.717, 1.165) is 19.4 Å². The lowest BCUT2D eigenvalue weighted by Crippen LogP contribution is -2.49. The Kier molecular flexibility index (Phi) is 7.52. The van der Waals surface area contributed by atoms with Crippen molar-refractivity contribution in [3.63, 3.8) is 0 Å². The molecule has 0 aromatic rings. The number of amides is 2. The first-order valence-corrected chi connectivity index (χ1v) is 7.04. The summed E-state index contributed by atoms with van der Waals surface area (Å²) in [5.41, 5.74) is 5.27. The summed E-state index contributed by atoms with van der Waals surface area (Å²) in [4.78, 5) is 25.5. The maximum atomic E-state index is 11.9. The van der Waals surface area contributed by atoms with Crippen LogP contribution < -0.4 is 11.1 Å². The molecule has 1 aliphatic rings. The molecule has 2 atom stereocenters. The number of nitrogens with one attached hydrogen (secondary N) is 1. The van der Waals surface area contributed by atoms with Gasteiger partial charge in [-0.15, -0.1) is 12.4 Å². The Morgan fingerprint density at radius 1 is 1.40 bits per heavy atom. The predicted octanol–water partition coefficient (Wildman–Crippen LogP) is 1.16. The third-order valence-electron chi connectivity index (χ3n) is 3.45. The summed E-state index contributed by atoms with van der Waals surface area (Å²) in [6.45, 7) is 9.53. The van der Waals surface area contributed by atoms with E-state index < -0.39 is 6.04 Å². The molecule has 0 radical (unpaired) electrons. The third kappa shape index (κ3) is 5.67. The van der Waals surface area contributed by atoms with Gasteiger partial charge in [-0.1, -0.05) is 20.8 Å². The van der Waals surface area contributed by atoms with E-state index in [2.05, 4.69) is 5.32 Å². The van der Waals surface area contributed by atoms with E-state index in [1.165, 1.54) is 0 Å². The number of nitrogens with two attached hydrogens (primary N) is 1. The van der Waals surface area contributed by atoms with Crippen molar-refractivity contribution in [2.75, 3.05) is 19.6 Å². The second kappa shape index (κ2) is 7.84. The quantitative estimate of drug-likeness (QED) is 0.821. The fraction of sp³-hybridized carbons (Fsp3) is 0.857. The van der Waals surface area contributed by atoms with Crippen molar-refractivity contribution in [3.8, 4) is 0 Å². The van der Waals surface area contributed by atoms with E-state index in [1.54, 1.807) is 6.92 Å². The van der Waals surface area contributed by atoms with Crippen LogP contribution >= 0.6 is 12.4 Å². The van der Waals surface area contributed by atoms with Crippen LogP contribution in [0.3, 0.4) is 0 Å². The van der Waals surface area contributed by atoms with Crippen molar-refractivity contribution in [1.82, 2.24) is 10.2 Å². The molecule has 20 heavy (non-hydrogen) atoms. The van der Waals surface area contributed by atoms with Gasteiger partial charge in [0.2, 0.25) is 11.8 Å². The molecule has 1 heterocycles. The van der Waals surface area contributed by atoms with Crippen LogP contribution in [0.1, 0.15) is 40.5 Å². The second-order valence-corrected chi connectivity index (χ2v) is 6.54. The lowest BCUT2D eigenvalue weighted by atomic mass is 9.94. The number of likely N-dealkylation sites (tertiary alicyclic amines) is 1. The van der Waals surface area contributed by atoms with E-state index in [0.29, 0.717) is 19.0 Å². The number of hydrogen-bond donors (Lipinski definition) is 2. The highest BCUT2D eigenvalue weighted by Gasteiger charge is 2.27. The van der Waals surface area contributed by atoms with Gasteiger partial charge in [-0.3, -0.25) is 9.59 Å². The molecule has 118 valence electrons. The molecule has 5 nitrogen and oxygen atoms in total. The highest BCUT2D eigenvalue weighted by atomic mass is 35.5. The highest BCUT2D eigenvalue weighted by Crippen LogP contribution is 2.18. The summed E-state index contributed by atoms with van der Waals surface area (Å²) >= 11 is 0. The van der Waals surface area contributed by atoms with Crippen molar-refractivity contribution in [1.29, 1.82) is 0 Å². The fourth-order valence-electron chi connectivity index (χ4n) is 2.22. The highest BCUT2D eigenvalue weighted by molar-refractivity contribution is 5.85. The largest absolute Gasteiger partial charge is 0.355 e. The topological polar surface area (TPSA) is 75.4 Å². The molecule has 0 aromatic carbocycles. The minimum atomic E-state index is -0.442. The molecule has 0 spiro atoms. The van der Waals surface area contributed by atoms with E-state index in [1.807, 2.05) is 25.7 Å². The molecule has 6 heteroatoms. The van der Waals surface area contributed by atoms with E-state index in [4.69, 9.17) is 5.73 Å². The van der Waals surface area contributed by atoms with Crippen molar-refractivity contribution in [2.45, 2.75) is 46.6 Å². The molecule has 0 aliphatic carbocycles. The average molecular weight is 306 g/mol. The number of piperidine rings is 1. The molecule has 1 fully saturated rings.